The maximum atomic E-state index is 8.27. The van der Waals surface area contributed by atoms with Gasteiger partial charge in [-0.1, -0.05) is 84.8 Å². The second kappa shape index (κ2) is 4.89. The van der Waals surface area contributed by atoms with Crippen molar-refractivity contribution in [3.8, 4) is 22.3 Å². The highest BCUT2D eigenvalue weighted by atomic mass is 14.0. The number of hydrogen-bond donors (Lipinski definition) is 0. The van der Waals surface area contributed by atoms with E-state index in [2.05, 4.69) is 0 Å². The first kappa shape index (κ1) is 7.17. The lowest BCUT2D eigenvalue weighted by atomic mass is 10.0. The molecule has 0 spiro atoms. The number of benzene rings is 3. The Bertz CT molecular complexity index is 712. The summed E-state index contributed by atoms with van der Waals surface area (Å²) in [5.74, 6) is 0. The van der Waals surface area contributed by atoms with E-state index in [-0.39, 0.29) is 24.2 Å². The zero-order valence-electron chi connectivity index (χ0n) is 13.8. The highest BCUT2D eigenvalue weighted by Crippen LogP contribution is 2.24. The molecule has 0 heterocycles. The van der Waals surface area contributed by atoms with Crippen LogP contribution in [0.4, 0.5) is 0 Å². The van der Waals surface area contributed by atoms with Gasteiger partial charge in [-0.3, -0.25) is 0 Å². The van der Waals surface area contributed by atoms with Crippen molar-refractivity contribution >= 4 is 0 Å². The predicted molar refractivity (Wildman–Crippen MR) is 77.3 cm³/mol. The molecule has 0 bridgehead atoms. The molecule has 0 radical (unpaired) electrons. The van der Waals surface area contributed by atoms with Crippen LogP contribution in [0.2, 0.25) is 0 Å². The van der Waals surface area contributed by atoms with Crippen LogP contribution in [0.25, 0.3) is 22.3 Å². The normalized spacial score (nSPS) is 13.3. The van der Waals surface area contributed by atoms with Crippen molar-refractivity contribution in [1.82, 2.24) is 0 Å². The van der Waals surface area contributed by atoms with Crippen molar-refractivity contribution in [3.05, 3.63) is 84.8 Å². The molecule has 3 aromatic rings. The first-order chi connectivity index (χ1) is 10.6. The molecule has 0 aromatic heterocycles. The zero-order chi connectivity index (χ0) is 15.7. The molecular formula is C18H14. The summed E-state index contributed by atoms with van der Waals surface area (Å²) in [5.41, 5.74) is 2.07. The van der Waals surface area contributed by atoms with E-state index < -0.39 is 0 Å². The van der Waals surface area contributed by atoms with E-state index in [0.29, 0.717) is 22.3 Å². The van der Waals surface area contributed by atoms with Crippen molar-refractivity contribution in [2.45, 2.75) is 0 Å². The molecule has 86 valence electrons. The van der Waals surface area contributed by atoms with Crippen molar-refractivity contribution in [2.24, 2.45) is 0 Å². The molecule has 0 atom stereocenters. The van der Waals surface area contributed by atoms with Crippen LogP contribution in [0.5, 0.6) is 0 Å². The third kappa shape index (κ3) is 2.18. The third-order valence-electron chi connectivity index (χ3n) is 2.75. The molecule has 0 amide bonds. The van der Waals surface area contributed by atoms with Gasteiger partial charge in [0.25, 0.3) is 0 Å². The van der Waals surface area contributed by atoms with Gasteiger partial charge >= 0.3 is 0 Å². The standard InChI is InChI=1S/C18H14/c1-3-7-15(8-4-1)17-11-13-18(14-12-17)16-9-5-2-6-10-16/h1-14H/i11D,12D,13D,14D. The van der Waals surface area contributed by atoms with Gasteiger partial charge in [0.15, 0.2) is 0 Å². The summed E-state index contributed by atoms with van der Waals surface area (Å²) >= 11 is 0. The molecular weight excluding hydrogens is 216 g/mol. The fourth-order valence-electron chi connectivity index (χ4n) is 1.81. The van der Waals surface area contributed by atoms with E-state index >= 15 is 0 Å². The fourth-order valence-corrected chi connectivity index (χ4v) is 1.81. The molecule has 0 N–H and O–H groups in total. The van der Waals surface area contributed by atoms with Gasteiger partial charge < -0.3 is 0 Å². The molecule has 18 heavy (non-hydrogen) atoms. The van der Waals surface area contributed by atoms with Crippen molar-refractivity contribution in [1.29, 1.82) is 0 Å². The smallest absolute Gasteiger partial charge is 0.0622 e. The van der Waals surface area contributed by atoms with E-state index in [4.69, 9.17) is 5.48 Å². The van der Waals surface area contributed by atoms with Gasteiger partial charge in [-0.05, 0) is 22.3 Å². The Labute approximate surface area is 113 Å². The van der Waals surface area contributed by atoms with Gasteiger partial charge in [0.1, 0.15) is 0 Å². The van der Waals surface area contributed by atoms with Gasteiger partial charge in [-0.2, -0.15) is 0 Å². The van der Waals surface area contributed by atoms with Crippen molar-refractivity contribution in [2.75, 3.05) is 0 Å². The topological polar surface area (TPSA) is 0 Å². The van der Waals surface area contributed by atoms with Crippen LogP contribution in [-0.4, -0.2) is 0 Å². The Kier molecular flexibility index (Phi) is 1.95. The van der Waals surface area contributed by atoms with Crippen LogP contribution in [-0.2, 0) is 0 Å². The summed E-state index contributed by atoms with van der Waals surface area (Å²) in [6.07, 6.45) is 0. The minimum atomic E-state index is -0.00828. The zero-order valence-corrected chi connectivity index (χ0v) is 9.77. The maximum Gasteiger partial charge on any atom is 0.0629 e. The van der Waals surface area contributed by atoms with Crippen LogP contribution in [0.3, 0.4) is 0 Å². The van der Waals surface area contributed by atoms with Gasteiger partial charge in [0, 0.05) is 0 Å². The average molecular weight is 234 g/mol. The summed E-state index contributed by atoms with van der Waals surface area (Å²) < 4.78 is 33.1. The van der Waals surface area contributed by atoms with Gasteiger partial charge in [0.05, 0.1) is 5.48 Å². The summed E-state index contributed by atoms with van der Waals surface area (Å²) in [7, 11) is 0. The van der Waals surface area contributed by atoms with Crippen LogP contribution in [0.15, 0.2) is 84.8 Å². The molecule has 0 unspecified atom stereocenters. The Morgan fingerprint density at radius 3 is 1.11 bits per heavy atom. The second-order valence-electron chi connectivity index (χ2n) is 3.98. The lowest BCUT2D eigenvalue weighted by molar-refractivity contribution is 1.59. The monoisotopic (exact) mass is 234 g/mol. The van der Waals surface area contributed by atoms with E-state index in [1.807, 2.05) is 36.4 Å². The Balaban J connectivity index is 2.31. The van der Waals surface area contributed by atoms with E-state index in [1.165, 1.54) is 0 Å². The van der Waals surface area contributed by atoms with Crippen molar-refractivity contribution < 1.29 is 5.48 Å². The minimum Gasteiger partial charge on any atom is -0.0622 e. The van der Waals surface area contributed by atoms with E-state index in [1.54, 1.807) is 24.3 Å². The van der Waals surface area contributed by atoms with Gasteiger partial charge in [0.2, 0.25) is 0 Å². The molecule has 0 aliphatic heterocycles. The average Bonchev–Trinajstić information content (AvgIpc) is 2.55. The summed E-state index contributed by atoms with van der Waals surface area (Å²) in [6, 6.07) is 18.2. The SMILES string of the molecule is [2H]c1c([2H])c(-c2ccccc2)c([2H])c([2H])c1-c1ccccc1. The molecule has 0 aliphatic carbocycles. The van der Waals surface area contributed by atoms with Gasteiger partial charge in [-0.15, -0.1) is 0 Å². The van der Waals surface area contributed by atoms with E-state index in [0.717, 1.165) is 0 Å². The molecule has 0 saturated carbocycles. The van der Waals surface area contributed by atoms with Crippen molar-refractivity contribution in [3.63, 3.8) is 0 Å². The second-order valence-corrected chi connectivity index (χ2v) is 3.98. The molecule has 0 saturated heterocycles. The highest BCUT2D eigenvalue weighted by Gasteiger charge is 1.98. The third-order valence-corrected chi connectivity index (χ3v) is 2.75. The first-order valence-electron chi connectivity index (χ1n) is 7.82. The lowest BCUT2D eigenvalue weighted by Gasteiger charge is -2.04. The summed E-state index contributed by atoms with van der Waals surface area (Å²) in [5, 5.41) is 0. The maximum absolute atomic E-state index is 8.27. The molecule has 3 aromatic carbocycles. The largest absolute Gasteiger partial charge is 0.0629 e. The molecule has 0 fully saturated rings. The van der Waals surface area contributed by atoms with Crippen LogP contribution >= 0.6 is 0 Å². The Morgan fingerprint density at radius 2 is 0.778 bits per heavy atom. The van der Waals surface area contributed by atoms with Gasteiger partial charge in [-0.25, -0.2) is 0 Å². The molecule has 0 heteroatoms. The molecule has 3 rings (SSSR count). The van der Waals surface area contributed by atoms with E-state index in [9.17, 15) is 0 Å². The fraction of sp³-hybridized carbons (Fsp3) is 0. The predicted octanol–water partition coefficient (Wildman–Crippen LogP) is 5.02. The lowest BCUT2D eigenvalue weighted by Crippen LogP contribution is -1.79. The summed E-state index contributed by atoms with van der Waals surface area (Å²) in [6.45, 7) is 0. The van der Waals surface area contributed by atoms with Crippen LogP contribution in [0, 0.1) is 0 Å². The molecule has 0 aliphatic rings. The van der Waals surface area contributed by atoms with Crippen LogP contribution in [0.1, 0.15) is 5.48 Å². The quantitative estimate of drug-likeness (QED) is 0.584. The highest BCUT2D eigenvalue weighted by molar-refractivity contribution is 5.70. The molecule has 0 nitrogen and oxygen atoms in total. The Hall–Kier alpha value is -2.34. The number of hydrogen-bond acceptors (Lipinski definition) is 0. The number of rotatable bonds is 2. The van der Waals surface area contributed by atoms with Crippen LogP contribution < -0.4 is 0 Å². The Morgan fingerprint density at radius 1 is 0.444 bits per heavy atom. The minimum absolute atomic E-state index is 0.00828. The first-order valence-corrected chi connectivity index (χ1v) is 5.82. The summed E-state index contributed by atoms with van der Waals surface area (Å²) in [4.78, 5) is 0.